The maximum Gasteiger partial charge on any atom is 0.166 e. The molecule has 222 valence electrons. The Kier molecular flexibility index (Phi) is 9.13. The van der Waals surface area contributed by atoms with Crippen LogP contribution in [0.15, 0.2) is 128 Å². The fraction of sp³-hybridized carbons (Fsp3) is 0.189. The summed E-state index contributed by atoms with van der Waals surface area (Å²) in [5.41, 5.74) is 6.05. The summed E-state index contributed by atoms with van der Waals surface area (Å²) < 4.78 is 15.7. The smallest absolute Gasteiger partial charge is 0.166 e. The number of fused-ring (bicyclic) bond motifs is 1. The fourth-order valence-corrected chi connectivity index (χ4v) is 6.25. The van der Waals surface area contributed by atoms with Gasteiger partial charge in [-0.1, -0.05) is 91.0 Å². The van der Waals surface area contributed by atoms with Gasteiger partial charge in [-0.2, -0.15) is 0 Å². The molecule has 0 spiro atoms. The van der Waals surface area contributed by atoms with E-state index in [-0.39, 0.29) is 5.82 Å². The zero-order chi connectivity index (χ0) is 30.2. The molecule has 6 aromatic rings. The molecular formula is C37H36FN5S. The lowest BCUT2D eigenvalue weighted by Crippen LogP contribution is -2.37. The van der Waals surface area contributed by atoms with Crippen LogP contribution in [0, 0.1) is 5.82 Å². The number of H-pyrrole nitrogens is 1. The molecule has 0 radical (unpaired) electrons. The summed E-state index contributed by atoms with van der Waals surface area (Å²) in [4.78, 5) is 8.01. The minimum absolute atomic E-state index is 0.225. The summed E-state index contributed by atoms with van der Waals surface area (Å²) in [6, 6.07) is 36.8. The van der Waals surface area contributed by atoms with Gasteiger partial charge < -0.3 is 20.2 Å². The summed E-state index contributed by atoms with van der Waals surface area (Å²) in [6.07, 6.45) is 9.66. The van der Waals surface area contributed by atoms with Crippen molar-refractivity contribution in [2.45, 2.75) is 31.2 Å². The third kappa shape index (κ3) is 6.29. The Balaban J connectivity index is 1.06. The van der Waals surface area contributed by atoms with Crippen molar-refractivity contribution in [2.24, 2.45) is 0 Å². The van der Waals surface area contributed by atoms with Gasteiger partial charge in [-0.3, -0.25) is 0 Å². The van der Waals surface area contributed by atoms with Crippen LogP contribution in [0.2, 0.25) is 0 Å². The molecule has 0 saturated carbocycles. The van der Waals surface area contributed by atoms with Crippen LogP contribution in [0.1, 0.15) is 40.8 Å². The molecule has 2 aromatic heterocycles. The molecule has 0 fully saturated rings. The van der Waals surface area contributed by atoms with Crippen LogP contribution in [0.3, 0.4) is 0 Å². The summed E-state index contributed by atoms with van der Waals surface area (Å²) in [5, 5.41) is 8.38. The number of nitrogens with zero attached hydrogens (tertiary/aromatic N) is 2. The van der Waals surface area contributed by atoms with Crippen LogP contribution in [0.25, 0.3) is 10.9 Å². The highest BCUT2D eigenvalue weighted by atomic mass is 32.1. The third-order valence-electron chi connectivity index (χ3n) is 8.13. The lowest BCUT2D eigenvalue weighted by Gasteiger charge is -2.37. The van der Waals surface area contributed by atoms with E-state index in [2.05, 4.69) is 117 Å². The molecule has 0 aliphatic carbocycles. The molecule has 2 heterocycles. The van der Waals surface area contributed by atoms with Gasteiger partial charge in [0.1, 0.15) is 11.4 Å². The number of benzene rings is 4. The van der Waals surface area contributed by atoms with E-state index in [0.717, 1.165) is 55.4 Å². The van der Waals surface area contributed by atoms with E-state index in [9.17, 15) is 4.39 Å². The van der Waals surface area contributed by atoms with E-state index in [0.29, 0.717) is 5.11 Å². The molecular weight excluding hydrogens is 566 g/mol. The van der Waals surface area contributed by atoms with Crippen LogP contribution in [0.5, 0.6) is 0 Å². The topological polar surface area (TPSA) is 57.7 Å². The summed E-state index contributed by atoms with van der Waals surface area (Å²) in [6.45, 7) is 1.53. The molecule has 0 bridgehead atoms. The second kappa shape index (κ2) is 13.7. The van der Waals surface area contributed by atoms with Crippen LogP contribution < -0.4 is 10.6 Å². The van der Waals surface area contributed by atoms with Crippen LogP contribution in [-0.2, 0) is 18.4 Å². The number of aryl methyl sites for hydroxylation is 2. The van der Waals surface area contributed by atoms with Gasteiger partial charge in [0.25, 0.3) is 0 Å². The molecule has 0 aliphatic heterocycles. The zero-order valence-corrected chi connectivity index (χ0v) is 25.4. The van der Waals surface area contributed by atoms with Gasteiger partial charge in [-0.25, -0.2) is 9.37 Å². The average Bonchev–Trinajstić information content (AvgIpc) is 3.70. The number of aromatic nitrogens is 3. The number of halogens is 1. The highest BCUT2D eigenvalue weighted by molar-refractivity contribution is 7.80. The lowest BCUT2D eigenvalue weighted by atomic mass is 9.77. The first kappa shape index (κ1) is 29.3. The fourth-order valence-electron chi connectivity index (χ4n) is 6.04. The van der Waals surface area contributed by atoms with E-state index in [1.807, 2.05) is 18.6 Å². The molecule has 4 aromatic carbocycles. The van der Waals surface area contributed by atoms with Gasteiger partial charge in [-0.15, -0.1) is 0 Å². The first-order valence-electron chi connectivity index (χ1n) is 15.1. The SMILES string of the molecule is Fc1ccc2c(CCCNC(=S)NCCCc3cn(C(c4ccccc4)(c4ccccc4)c4ccccc4)cn3)c[nH]c2c1. The Morgan fingerprint density at radius 1 is 0.773 bits per heavy atom. The second-order valence-corrected chi connectivity index (χ2v) is 11.4. The molecule has 0 atom stereocenters. The maximum absolute atomic E-state index is 13.5. The van der Waals surface area contributed by atoms with Crippen molar-refractivity contribution in [3.8, 4) is 0 Å². The molecule has 5 nitrogen and oxygen atoms in total. The molecule has 3 N–H and O–H groups in total. The van der Waals surface area contributed by atoms with Gasteiger partial charge in [0, 0.05) is 36.4 Å². The van der Waals surface area contributed by atoms with Crippen molar-refractivity contribution >= 4 is 28.2 Å². The predicted octanol–water partition coefficient (Wildman–Crippen LogP) is 7.37. The number of thiocarbonyl (C=S) groups is 1. The molecule has 0 unspecified atom stereocenters. The number of nitrogens with one attached hydrogen (secondary N) is 3. The molecule has 0 amide bonds. The number of hydrogen-bond acceptors (Lipinski definition) is 2. The van der Waals surface area contributed by atoms with E-state index in [4.69, 9.17) is 17.2 Å². The van der Waals surface area contributed by atoms with Gasteiger partial charge in [0.15, 0.2) is 5.11 Å². The Morgan fingerprint density at radius 2 is 1.34 bits per heavy atom. The zero-order valence-electron chi connectivity index (χ0n) is 24.5. The van der Waals surface area contributed by atoms with Gasteiger partial charge in [-0.05, 0) is 78.4 Å². The summed E-state index contributed by atoms with van der Waals surface area (Å²) in [5.74, 6) is -0.225. The molecule has 0 saturated heterocycles. The van der Waals surface area contributed by atoms with Crippen molar-refractivity contribution in [1.29, 1.82) is 0 Å². The average molecular weight is 602 g/mol. The Labute approximate surface area is 263 Å². The Morgan fingerprint density at radius 3 is 1.93 bits per heavy atom. The van der Waals surface area contributed by atoms with E-state index < -0.39 is 5.54 Å². The summed E-state index contributed by atoms with van der Waals surface area (Å²) in [7, 11) is 0. The number of rotatable bonds is 12. The third-order valence-corrected chi connectivity index (χ3v) is 8.42. The monoisotopic (exact) mass is 601 g/mol. The van der Waals surface area contributed by atoms with E-state index >= 15 is 0 Å². The molecule has 6 rings (SSSR count). The van der Waals surface area contributed by atoms with Crippen LogP contribution in [-0.4, -0.2) is 32.7 Å². The highest BCUT2D eigenvalue weighted by Crippen LogP contribution is 2.40. The van der Waals surface area contributed by atoms with Gasteiger partial charge in [0.2, 0.25) is 0 Å². The van der Waals surface area contributed by atoms with Crippen LogP contribution in [0.4, 0.5) is 4.39 Å². The minimum Gasteiger partial charge on any atom is -0.363 e. The first-order chi connectivity index (χ1) is 21.6. The van der Waals surface area contributed by atoms with Gasteiger partial charge in [0.05, 0.1) is 12.0 Å². The lowest BCUT2D eigenvalue weighted by molar-refractivity contribution is 0.514. The molecule has 44 heavy (non-hydrogen) atoms. The Hall–Kier alpha value is -4.75. The normalized spacial score (nSPS) is 11.5. The molecule has 7 heteroatoms. The van der Waals surface area contributed by atoms with Crippen molar-refractivity contribution in [1.82, 2.24) is 25.2 Å². The van der Waals surface area contributed by atoms with E-state index in [1.54, 1.807) is 0 Å². The Bertz CT molecular complexity index is 1700. The quantitative estimate of drug-likeness (QED) is 0.0779. The van der Waals surface area contributed by atoms with Crippen molar-refractivity contribution in [3.05, 3.63) is 162 Å². The first-order valence-corrected chi connectivity index (χ1v) is 15.5. The predicted molar refractivity (Wildman–Crippen MR) is 180 cm³/mol. The second-order valence-electron chi connectivity index (χ2n) is 11.0. The number of hydrogen-bond donors (Lipinski definition) is 3. The minimum atomic E-state index is -0.554. The number of imidazole rings is 1. The van der Waals surface area contributed by atoms with Crippen molar-refractivity contribution in [2.75, 3.05) is 13.1 Å². The highest BCUT2D eigenvalue weighted by Gasteiger charge is 2.38. The largest absolute Gasteiger partial charge is 0.363 e. The van der Waals surface area contributed by atoms with Gasteiger partial charge >= 0.3 is 0 Å². The molecule has 0 aliphatic rings. The summed E-state index contributed by atoms with van der Waals surface area (Å²) >= 11 is 5.51. The van der Waals surface area contributed by atoms with Crippen LogP contribution >= 0.6 is 12.2 Å². The number of aromatic amines is 1. The maximum atomic E-state index is 13.5. The van der Waals surface area contributed by atoms with Crippen molar-refractivity contribution < 1.29 is 4.39 Å². The van der Waals surface area contributed by atoms with Crippen molar-refractivity contribution in [3.63, 3.8) is 0 Å². The standard InChI is InChI=1S/C37H36FN5S/c38-32-20-21-34-28(25-41-35(34)24-32)12-10-22-39-36(44)40-23-11-19-33-26-43(27-42-33)37(29-13-4-1-5-14-29,30-15-6-2-7-16-30)31-17-8-3-9-18-31/h1-9,13-18,20-21,24-27,41H,10-12,19,22-23H2,(H2,39,40,44). The van der Waals surface area contributed by atoms with E-state index in [1.165, 1.54) is 34.4 Å².